The van der Waals surface area contributed by atoms with Crippen molar-refractivity contribution in [3.8, 4) is 0 Å². The molecule has 1 aliphatic rings. The smallest absolute Gasteiger partial charge is 0.303 e. The van der Waals surface area contributed by atoms with E-state index in [0.29, 0.717) is 6.04 Å². The second-order valence-electron chi connectivity index (χ2n) is 2.74. The van der Waals surface area contributed by atoms with Gasteiger partial charge in [-0.25, -0.2) is 0 Å². The van der Waals surface area contributed by atoms with E-state index in [1.807, 2.05) is 0 Å². The van der Waals surface area contributed by atoms with E-state index in [-0.39, 0.29) is 18.7 Å². The highest BCUT2D eigenvalue weighted by atomic mass is 16.4. The number of nitrogens with one attached hydrogen (secondary N) is 1. The molecule has 0 radical (unpaired) electrons. The monoisotopic (exact) mass is 157 g/mol. The number of rotatable bonds is 4. The molecular weight excluding hydrogens is 146 g/mol. The molecule has 1 rings (SSSR count). The summed E-state index contributed by atoms with van der Waals surface area (Å²) in [7, 11) is 0. The van der Waals surface area contributed by atoms with Crippen LogP contribution in [0.25, 0.3) is 0 Å². The van der Waals surface area contributed by atoms with Crippen molar-refractivity contribution in [1.82, 2.24) is 5.32 Å². The first-order chi connectivity index (χ1) is 5.18. The van der Waals surface area contributed by atoms with Crippen molar-refractivity contribution >= 4 is 11.9 Å². The molecule has 0 bridgehead atoms. The summed E-state index contributed by atoms with van der Waals surface area (Å²) in [6.07, 6.45) is 2.11. The molecule has 1 amide bonds. The first-order valence-electron chi connectivity index (χ1n) is 3.69. The summed E-state index contributed by atoms with van der Waals surface area (Å²) in [4.78, 5) is 20.8. The van der Waals surface area contributed by atoms with Crippen molar-refractivity contribution < 1.29 is 14.7 Å². The minimum Gasteiger partial charge on any atom is -0.481 e. The van der Waals surface area contributed by atoms with Gasteiger partial charge in [-0.1, -0.05) is 0 Å². The molecule has 0 aliphatic heterocycles. The molecule has 0 unspecified atom stereocenters. The summed E-state index contributed by atoms with van der Waals surface area (Å²) in [6, 6.07) is 0.330. The van der Waals surface area contributed by atoms with Crippen molar-refractivity contribution in [2.45, 2.75) is 31.7 Å². The third-order valence-electron chi connectivity index (χ3n) is 1.51. The summed E-state index contributed by atoms with van der Waals surface area (Å²) in [5.74, 6) is -1.06. The predicted molar refractivity (Wildman–Crippen MR) is 38.0 cm³/mol. The van der Waals surface area contributed by atoms with Crippen LogP contribution in [0.5, 0.6) is 0 Å². The lowest BCUT2D eigenvalue weighted by molar-refractivity contribution is -0.138. The normalized spacial score (nSPS) is 16.0. The molecule has 0 saturated heterocycles. The lowest BCUT2D eigenvalue weighted by atomic mass is 10.3. The van der Waals surface area contributed by atoms with Gasteiger partial charge in [-0.2, -0.15) is 0 Å². The highest BCUT2D eigenvalue weighted by Crippen LogP contribution is 2.18. The quantitative estimate of drug-likeness (QED) is 0.609. The second-order valence-corrected chi connectivity index (χ2v) is 2.74. The maximum absolute atomic E-state index is 10.8. The first-order valence-corrected chi connectivity index (χ1v) is 3.69. The molecule has 0 aromatic carbocycles. The number of hydrogen-bond acceptors (Lipinski definition) is 2. The minimum atomic E-state index is -0.920. The molecule has 62 valence electrons. The second kappa shape index (κ2) is 3.37. The van der Waals surface area contributed by atoms with E-state index < -0.39 is 5.97 Å². The van der Waals surface area contributed by atoms with E-state index in [2.05, 4.69) is 5.32 Å². The molecule has 0 spiro atoms. The molecular formula is C7H11NO3. The fraction of sp³-hybridized carbons (Fsp3) is 0.714. The summed E-state index contributed by atoms with van der Waals surface area (Å²) >= 11 is 0. The Morgan fingerprint density at radius 1 is 1.36 bits per heavy atom. The fourth-order valence-electron chi connectivity index (χ4n) is 0.748. The van der Waals surface area contributed by atoms with Crippen LogP contribution >= 0.6 is 0 Å². The zero-order valence-electron chi connectivity index (χ0n) is 6.17. The van der Waals surface area contributed by atoms with Gasteiger partial charge in [0.05, 0.1) is 6.42 Å². The lowest BCUT2D eigenvalue weighted by Gasteiger charge is -1.99. The van der Waals surface area contributed by atoms with Gasteiger partial charge < -0.3 is 10.4 Å². The van der Waals surface area contributed by atoms with E-state index in [0.717, 1.165) is 12.8 Å². The van der Waals surface area contributed by atoms with E-state index >= 15 is 0 Å². The van der Waals surface area contributed by atoms with E-state index in [4.69, 9.17) is 5.11 Å². The molecule has 4 nitrogen and oxygen atoms in total. The third-order valence-corrected chi connectivity index (χ3v) is 1.51. The highest BCUT2D eigenvalue weighted by Gasteiger charge is 2.22. The van der Waals surface area contributed by atoms with E-state index in [1.165, 1.54) is 0 Å². The van der Waals surface area contributed by atoms with Crippen molar-refractivity contribution in [1.29, 1.82) is 0 Å². The fourth-order valence-corrected chi connectivity index (χ4v) is 0.748. The average Bonchev–Trinajstić information content (AvgIpc) is 2.67. The Hall–Kier alpha value is -1.06. The van der Waals surface area contributed by atoms with Gasteiger partial charge in [0.15, 0.2) is 0 Å². The Morgan fingerprint density at radius 2 is 2.00 bits per heavy atom. The van der Waals surface area contributed by atoms with Gasteiger partial charge in [0.1, 0.15) is 0 Å². The SMILES string of the molecule is O=C(O)CCC(=O)NC1CC1. The number of carbonyl (C=O) groups is 2. The van der Waals surface area contributed by atoms with Crippen LogP contribution < -0.4 is 5.32 Å². The molecule has 1 aliphatic carbocycles. The van der Waals surface area contributed by atoms with Crippen molar-refractivity contribution in [3.05, 3.63) is 0 Å². The molecule has 1 saturated carbocycles. The van der Waals surface area contributed by atoms with Crippen molar-refractivity contribution in [2.75, 3.05) is 0 Å². The van der Waals surface area contributed by atoms with Crippen LogP contribution in [0.1, 0.15) is 25.7 Å². The zero-order chi connectivity index (χ0) is 8.27. The Labute approximate surface area is 64.6 Å². The standard InChI is InChI=1S/C7H11NO3/c9-6(3-4-7(10)11)8-5-1-2-5/h5H,1-4H2,(H,8,9)(H,10,11). The van der Waals surface area contributed by atoms with E-state index in [9.17, 15) is 9.59 Å². The predicted octanol–water partition coefficient (Wildman–Crippen LogP) is 0.130. The van der Waals surface area contributed by atoms with Crippen LogP contribution in [0, 0.1) is 0 Å². The number of carbonyl (C=O) groups excluding carboxylic acids is 1. The Morgan fingerprint density at radius 3 is 2.45 bits per heavy atom. The van der Waals surface area contributed by atoms with Crippen molar-refractivity contribution in [3.63, 3.8) is 0 Å². The summed E-state index contributed by atoms with van der Waals surface area (Å²) in [5, 5.41) is 10.9. The molecule has 0 aromatic heterocycles. The van der Waals surface area contributed by atoms with E-state index in [1.54, 1.807) is 0 Å². The Balaban J connectivity index is 2.04. The maximum atomic E-state index is 10.8. The highest BCUT2D eigenvalue weighted by molar-refractivity contribution is 5.80. The largest absolute Gasteiger partial charge is 0.481 e. The summed E-state index contributed by atoms with van der Waals surface area (Å²) in [6.45, 7) is 0. The van der Waals surface area contributed by atoms with Gasteiger partial charge in [-0.15, -0.1) is 0 Å². The van der Waals surface area contributed by atoms with Crippen LogP contribution in [0.3, 0.4) is 0 Å². The van der Waals surface area contributed by atoms with Gasteiger partial charge in [0.2, 0.25) is 5.91 Å². The van der Waals surface area contributed by atoms with Crippen LogP contribution in [0.15, 0.2) is 0 Å². The molecule has 11 heavy (non-hydrogen) atoms. The van der Waals surface area contributed by atoms with Gasteiger partial charge in [0, 0.05) is 12.5 Å². The topological polar surface area (TPSA) is 66.4 Å². The summed E-state index contributed by atoms with van der Waals surface area (Å²) < 4.78 is 0. The molecule has 2 N–H and O–H groups in total. The van der Waals surface area contributed by atoms with Gasteiger partial charge in [-0.3, -0.25) is 9.59 Å². The Bertz CT molecular complexity index is 175. The Kier molecular flexibility index (Phi) is 2.46. The molecule has 1 fully saturated rings. The third kappa shape index (κ3) is 3.60. The number of amides is 1. The molecule has 0 heterocycles. The average molecular weight is 157 g/mol. The van der Waals surface area contributed by atoms with Gasteiger partial charge in [-0.05, 0) is 12.8 Å². The molecule has 0 atom stereocenters. The van der Waals surface area contributed by atoms with Crippen LogP contribution in [-0.4, -0.2) is 23.0 Å². The number of hydrogen-bond donors (Lipinski definition) is 2. The molecule has 4 heteroatoms. The number of carboxylic acid groups (broad SMARTS) is 1. The van der Waals surface area contributed by atoms with Crippen LogP contribution in [0.4, 0.5) is 0 Å². The molecule has 0 aromatic rings. The summed E-state index contributed by atoms with van der Waals surface area (Å²) in [5.41, 5.74) is 0. The first kappa shape index (κ1) is 8.04. The lowest BCUT2D eigenvalue weighted by Crippen LogP contribution is -2.25. The number of carboxylic acids is 1. The zero-order valence-corrected chi connectivity index (χ0v) is 6.17. The maximum Gasteiger partial charge on any atom is 0.303 e. The van der Waals surface area contributed by atoms with Crippen LogP contribution in [-0.2, 0) is 9.59 Å². The van der Waals surface area contributed by atoms with Crippen LogP contribution in [0.2, 0.25) is 0 Å². The number of aliphatic carboxylic acids is 1. The van der Waals surface area contributed by atoms with Gasteiger partial charge >= 0.3 is 5.97 Å². The minimum absolute atomic E-state index is 0.0709. The van der Waals surface area contributed by atoms with Gasteiger partial charge in [0.25, 0.3) is 0 Å². The van der Waals surface area contributed by atoms with Crippen molar-refractivity contribution in [2.24, 2.45) is 0 Å².